The minimum absolute atomic E-state index is 0.358. The average molecular weight is 298 g/mol. The Labute approximate surface area is 125 Å². The molecular formula is C14H14N6O2. The molecule has 0 radical (unpaired) electrons. The minimum Gasteiger partial charge on any atom is -0.461 e. The zero-order chi connectivity index (χ0) is 15.4. The zero-order valence-corrected chi connectivity index (χ0v) is 11.6. The zero-order valence-electron chi connectivity index (χ0n) is 11.6. The standard InChI is InChI=1S/C14H14N6O2/c15-13(21)9-8-16-5-3-10(9)17-6-4-12-18-14(20-19-12)11-2-1-7-22-11/h1-3,5,7-8H,4,6H2,(H2,15,21)(H,16,17)(H,18,19,20). The number of H-pyrrole nitrogens is 1. The number of hydrogen-bond acceptors (Lipinski definition) is 6. The van der Waals surface area contributed by atoms with E-state index in [1.807, 2.05) is 0 Å². The van der Waals surface area contributed by atoms with Crippen LogP contribution in [0.15, 0.2) is 41.3 Å². The molecule has 0 aromatic carbocycles. The Kier molecular flexibility index (Phi) is 3.82. The first-order valence-electron chi connectivity index (χ1n) is 6.67. The highest BCUT2D eigenvalue weighted by atomic mass is 16.3. The van der Waals surface area contributed by atoms with Gasteiger partial charge in [0.05, 0.1) is 17.5 Å². The van der Waals surface area contributed by atoms with E-state index >= 15 is 0 Å². The third kappa shape index (κ3) is 2.95. The molecule has 0 saturated heterocycles. The molecule has 8 nitrogen and oxygen atoms in total. The van der Waals surface area contributed by atoms with Gasteiger partial charge in [-0.05, 0) is 18.2 Å². The first kappa shape index (κ1) is 13.8. The monoisotopic (exact) mass is 298 g/mol. The van der Waals surface area contributed by atoms with Crippen molar-refractivity contribution in [1.29, 1.82) is 0 Å². The van der Waals surface area contributed by atoms with E-state index in [2.05, 4.69) is 25.5 Å². The molecule has 112 valence electrons. The summed E-state index contributed by atoms with van der Waals surface area (Å²) in [6, 6.07) is 5.28. The van der Waals surface area contributed by atoms with E-state index in [4.69, 9.17) is 10.2 Å². The Morgan fingerprint density at radius 3 is 3.09 bits per heavy atom. The molecule has 3 heterocycles. The van der Waals surface area contributed by atoms with E-state index in [0.717, 1.165) is 0 Å². The minimum atomic E-state index is -0.518. The molecule has 0 bridgehead atoms. The van der Waals surface area contributed by atoms with Crippen molar-refractivity contribution >= 4 is 11.6 Å². The summed E-state index contributed by atoms with van der Waals surface area (Å²) < 4.78 is 5.23. The summed E-state index contributed by atoms with van der Waals surface area (Å²) in [7, 11) is 0. The summed E-state index contributed by atoms with van der Waals surface area (Å²) in [6.07, 6.45) is 5.21. The van der Waals surface area contributed by atoms with Gasteiger partial charge < -0.3 is 15.5 Å². The van der Waals surface area contributed by atoms with Gasteiger partial charge in [-0.1, -0.05) is 0 Å². The number of hydrogen-bond donors (Lipinski definition) is 3. The maximum Gasteiger partial charge on any atom is 0.252 e. The number of nitrogens with zero attached hydrogens (tertiary/aromatic N) is 3. The molecular weight excluding hydrogens is 284 g/mol. The van der Waals surface area contributed by atoms with E-state index in [1.54, 1.807) is 30.7 Å². The van der Waals surface area contributed by atoms with Crippen molar-refractivity contribution < 1.29 is 9.21 Å². The highest BCUT2D eigenvalue weighted by Gasteiger charge is 2.09. The molecule has 4 N–H and O–H groups in total. The first-order chi connectivity index (χ1) is 10.7. The highest BCUT2D eigenvalue weighted by molar-refractivity contribution is 5.98. The summed E-state index contributed by atoms with van der Waals surface area (Å²) in [6.45, 7) is 0.567. The lowest BCUT2D eigenvalue weighted by Gasteiger charge is -2.08. The molecule has 0 saturated carbocycles. The predicted octanol–water partition coefficient (Wildman–Crippen LogP) is 1.21. The fraction of sp³-hybridized carbons (Fsp3) is 0.143. The highest BCUT2D eigenvalue weighted by Crippen LogP contribution is 2.15. The summed E-state index contributed by atoms with van der Waals surface area (Å²) in [4.78, 5) is 19.5. The van der Waals surface area contributed by atoms with E-state index in [0.29, 0.717) is 41.6 Å². The Morgan fingerprint density at radius 1 is 1.41 bits per heavy atom. The van der Waals surface area contributed by atoms with Crippen LogP contribution < -0.4 is 11.1 Å². The van der Waals surface area contributed by atoms with Crippen molar-refractivity contribution in [3.63, 3.8) is 0 Å². The molecule has 22 heavy (non-hydrogen) atoms. The summed E-state index contributed by atoms with van der Waals surface area (Å²) in [5.74, 6) is 1.33. The number of pyridine rings is 1. The normalized spacial score (nSPS) is 10.5. The molecule has 3 aromatic rings. The van der Waals surface area contributed by atoms with Gasteiger partial charge >= 0.3 is 0 Å². The van der Waals surface area contributed by atoms with Crippen LogP contribution in [0.5, 0.6) is 0 Å². The number of carbonyl (C=O) groups excluding carboxylic acids is 1. The molecule has 0 spiro atoms. The summed E-state index contributed by atoms with van der Waals surface area (Å²) in [5.41, 5.74) is 6.30. The van der Waals surface area contributed by atoms with Crippen LogP contribution in [0.3, 0.4) is 0 Å². The lowest BCUT2D eigenvalue weighted by molar-refractivity contribution is 0.100. The van der Waals surface area contributed by atoms with Crippen LogP contribution in [-0.2, 0) is 6.42 Å². The van der Waals surface area contributed by atoms with Crippen molar-refractivity contribution in [3.8, 4) is 11.6 Å². The van der Waals surface area contributed by atoms with E-state index in [9.17, 15) is 4.79 Å². The Hall–Kier alpha value is -3.16. The SMILES string of the molecule is NC(=O)c1cnccc1NCCc1nc(-c2ccco2)n[nH]1. The molecule has 0 aliphatic rings. The van der Waals surface area contributed by atoms with Crippen molar-refractivity contribution in [2.45, 2.75) is 6.42 Å². The van der Waals surface area contributed by atoms with E-state index in [1.165, 1.54) is 6.20 Å². The molecule has 0 fully saturated rings. The van der Waals surface area contributed by atoms with Crippen LogP contribution in [0.4, 0.5) is 5.69 Å². The van der Waals surface area contributed by atoms with Gasteiger partial charge in [-0.2, -0.15) is 5.10 Å². The lowest BCUT2D eigenvalue weighted by Crippen LogP contribution is -2.16. The van der Waals surface area contributed by atoms with Crippen molar-refractivity contribution in [3.05, 3.63) is 48.2 Å². The van der Waals surface area contributed by atoms with Gasteiger partial charge in [0.25, 0.3) is 5.91 Å². The van der Waals surface area contributed by atoms with Crippen molar-refractivity contribution in [2.24, 2.45) is 5.73 Å². The summed E-state index contributed by atoms with van der Waals surface area (Å²) >= 11 is 0. The smallest absolute Gasteiger partial charge is 0.252 e. The van der Waals surface area contributed by atoms with Gasteiger partial charge in [0.1, 0.15) is 5.82 Å². The van der Waals surface area contributed by atoms with E-state index < -0.39 is 5.91 Å². The Bertz CT molecular complexity index is 765. The van der Waals surface area contributed by atoms with E-state index in [-0.39, 0.29) is 0 Å². The van der Waals surface area contributed by atoms with Crippen LogP contribution in [-0.4, -0.2) is 32.6 Å². The predicted molar refractivity (Wildman–Crippen MR) is 79.0 cm³/mol. The van der Waals surface area contributed by atoms with Gasteiger partial charge in [-0.3, -0.25) is 14.9 Å². The molecule has 0 unspecified atom stereocenters. The number of amides is 1. The number of anilines is 1. The lowest BCUT2D eigenvalue weighted by atomic mass is 10.2. The Morgan fingerprint density at radius 2 is 2.32 bits per heavy atom. The second-order valence-corrected chi connectivity index (χ2v) is 4.55. The number of primary amides is 1. The van der Waals surface area contributed by atoms with Gasteiger partial charge in [0, 0.05) is 25.4 Å². The quantitative estimate of drug-likeness (QED) is 0.628. The third-order valence-electron chi connectivity index (χ3n) is 3.04. The van der Waals surface area contributed by atoms with Gasteiger partial charge in [-0.25, -0.2) is 4.98 Å². The van der Waals surface area contributed by atoms with Crippen LogP contribution in [0.2, 0.25) is 0 Å². The topological polar surface area (TPSA) is 123 Å². The van der Waals surface area contributed by atoms with Crippen LogP contribution in [0.1, 0.15) is 16.2 Å². The molecule has 0 aliphatic heterocycles. The molecule has 0 atom stereocenters. The van der Waals surface area contributed by atoms with Crippen molar-refractivity contribution in [1.82, 2.24) is 20.2 Å². The van der Waals surface area contributed by atoms with Crippen molar-refractivity contribution in [2.75, 3.05) is 11.9 Å². The number of rotatable bonds is 6. The number of nitrogens with one attached hydrogen (secondary N) is 2. The fourth-order valence-electron chi connectivity index (χ4n) is 1.98. The van der Waals surface area contributed by atoms with Crippen LogP contribution in [0.25, 0.3) is 11.6 Å². The van der Waals surface area contributed by atoms with Gasteiger partial charge in [0.15, 0.2) is 5.76 Å². The molecule has 8 heteroatoms. The average Bonchev–Trinajstić information content (AvgIpc) is 3.18. The van der Waals surface area contributed by atoms with Crippen LogP contribution >= 0.6 is 0 Å². The van der Waals surface area contributed by atoms with Gasteiger partial charge in [0.2, 0.25) is 5.82 Å². The molecule has 1 amide bonds. The third-order valence-corrected chi connectivity index (χ3v) is 3.04. The largest absolute Gasteiger partial charge is 0.461 e. The maximum atomic E-state index is 11.3. The maximum absolute atomic E-state index is 11.3. The molecule has 0 aliphatic carbocycles. The Balaban J connectivity index is 1.61. The number of furan rings is 1. The molecule has 3 rings (SSSR count). The second kappa shape index (κ2) is 6.08. The fourth-order valence-corrected chi connectivity index (χ4v) is 1.98. The summed E-state index contributed by atoms with van der Waals surface area (Å²) in [5, 5.41) is 10.1. The number of aromatic nitrogens is 4. The molecule has 3 aromatic heterocycles. The van der Waals surface area contributed by atoms with Crippen LogP contribution in [0, 0.1) is 0 Å². The number of nitrogens with two attached hydrogens (primary N) is 1. The number of carbonyl (C=O) groups is 1. The first-order valence-corrected chi connectivity index (χ1v) is 6.67. The number of aromatic amines is 1. The van der Waals surface area contributed by atoms with Gasteiger partial charge in [-0.15, -0.1) is 0 Å². The second-order valence-electron chi connectivity index (χ2n) is 4.55.